The minimum Gasteiger partial charge on any atom is -0.496 e. The lowest BCUT2D eigenvalue weighted by Crippen LogP contribution is -2.34. The van der Waals surface area contributed by atoms with E-state index in [4.69, 9.17) is 21.4 Å². The highest BCUT2D eigenvalue weighted by atomic mass is 127. The Bertz CT molecular complexity index is 1020. The van der Waals surface area contributed by atoms with Crippen LogP contribution in [0.5, 0.6) is 5.75 Å². The molecule has 0 aliphatic carbocycles. The summed E-state index contributed by atoms with van der Waals surface area (Å²) >= 11 is 7.40. The summed E-state index contributed by atoms with van der Waals surface area (Å²) in [4.78, 5) is 12.3. The fraction of sp³-hybridized carbons (Fsp3) is 0.100. The van der Waals surface area contributed by atoms with E-state index in [1.54, 1.807) is 49.6 Å². The molecular weight excluding hydrogens is 491 g/mol. The lowest BCUT2D eigenvalue weighted by Gasteiger charge is -2.12. The fourth-order valence-electron chi connectivity index (χ4n) is 2.55. The van der Waals surface area contributed by atoms with Gasteiger partial charge >= 0.3 is 0 Å². The molecule has 0 bridgehead atoms. The van der Waals surface area contributed by atoms with E-state index in [0.717, 1.165) is 3.57 Å². The van der Waals surface area contributed by atoms with Crippen LogP contribution in [0.2, 0.25) is 0 Å². The summed E-state index contributed by atoms with van der Waals surface area (Å²) in [5.41, 5.74) is 1.88. The number of benzene rings is 2. The average molecular weight is 508 g/mol. The third-order valence-electron chi connectivity index (χ3n) is 3.85. The van der Waals surface area contributed by atoms with E-state index in [-0.39, 0.29) is 17.6 Å². The van der Waals surface area contributed by atoms with Crippen LogP contribution in [-0.4, -0.2) is 23.2 Å². The van der Waals surface area contributed by atoms with Crippen LogP contribution in [0.3, 0.4) is 0 Å². The van der Waals surface area contributed by atoms with Crippen molar-refractivity contribution in [3.63, 3.8) is 0 Å². The van der Waals surface area contributed by atoms with Crippen molar-refractivity contribution in [1.29, 1.82) is 0 Å². The Hall–Kier alpha value is -2.43. The SMILES string of the molecule is COc1ccc(NC(=S)NC(=O)c2cccc(I)c2)cc1-c1ccc(CO)o1. The topological polar surface area (TPSA) is 83.7 Å². The maximum Gasteiger partial charge on any atom is 0.257 e. The van der Waals surface area contributed by atoms with Gasteiger partial charge in [-0.15, -0.1) is 0 Å². The van der Waals surface area contributed by atoms with Crippen LogP contribution in [0, 0.1) is 3.57 Å². The highest BCUT2D eigenvalue weighted by Crippen LogP contribution is 2.33. The van der Waals surface area contributed by atoms with Crippen LogP contribution in [0.4, 0.5) is 5.69 Å². The molecule has 1 heterocycles. The Morgan fingerprint density at radius 1 is 1.21 bits per heavy atom. The normalized spacial score (nSPS) is 10.4. The molecule has 3 rings (SSSR count). The van der Waals surface area contributed by atoms with E-state index in [2.05, 4.69) is 33.2 Å². The second-order valence-corrected chi connectivity index (χ2v) is 7.41. The molecule has 0 fully saturated rings. The van der Waals surface area contributed by atoms with Gasteiger partial charge in [0.1, 0.15) is 23.9 Å². The summed E-state index contributed by atoms with van der Waals surface area (Å²) in [5, 5.41) is 15.0. The van der Waals surface area contributed by atoms with Gasteiger partial charge < -0.3 is 19.6 Å². The molecule has 28 heavy (non-hydrogen) atoms. The molecule has 3 N–H and O–H groups in total. The van der Waals surface area contributed by atoms with Crippen molar-refractivity contribution >= 4 is 51.5 Å². The van der Waals surface area contributed by atoms with E-state index in [9.17, 15) is 9.90 Å². The van der Waals surface area contributed by atoms with E-state index in [0.29, 0.717) is 34.1 Å². The largest absolute Gasteiger partial charge is 0.496 e. The first-order chi connectivity index (χ1) is 13.5. The zero-order valence-electron chi connectivity index (χ0n) is 14.9. The number of carbonyl (C=O) groups is 1. The second kappa shape index (κ2) is 9.18. The number of halogens is 1. The van der Waals surface area contributed by atoms with Crippen LogP contribution in [0.15, 0.2) is 59.0 Å². The summed E-state index contributed by atoms with van der Waals surface area (Å²) in [5.74, 6) is 1.33. The van der Waals surface area contributed by atoms with Gasteiger partial charge in [-0.25, -0.2) is 0 Å². The summed E-state index contributed by atoms with van der Waals surface area (Å²) in [6.07, 6.45) is 0. The van der Waals surface area contributed by atoms with Crippen molar-refractivity contribution in [2.45, 2.75) is 6.61 Å². The minimum absolute atomic E-state index is 0.176. The van der Waals surface area contributed by atoms with Crippen LogP contribution in [-0.2, 0) is 6.61 Å². The van der Waals surface area contributed by atoms with Gasteiger partial charge in [-0.1, -0.05) is 6.07 Å². The van der Waals surface area contributed by atoms with Crippen LogP contribution in [0.1, 0.15) is 16.1 Å². The molecule has 0 radical (unpaired) electrons. The predicted molar refractivity (Wildman–Crippen MR) is 119 cm³/mol. The third kappa shape index (κ3) is 4.89. The number of hydrogen-bond donors (Lipinski definition) is 3. The Morgan fingerprint density at radius 3 is 2.71 bits per heavy atom. The molecule has 0 aliphatic rings. The number of rotatable bonds is 5. The summed E-state index contributed by atoms with van der Waals surface area (Å²) in [6.45, 7) is -0.186. The summed E-state index contributed by atoms with van der Waals surface area (Å²) in [7, 11) is 1.56. The molecule has 2 aromatic carbocycles. The lowest BCUT2D eigenvalue weighted by atomic mass is 10.1. The molecular formula is C20H17IN2O4S. The van der Waals surface area contributed by atoms with Gasteiger partial charge in [0.2, 0.25) is 0 Å². The second-order valence-electron chi connectivity index (χ2n) is 5.76. The number of ether oxygens (including phenoxy) is 1. The Kier molecular flexibility index (Phi) is 6.65. The number of amides is 1. The van der Waals surface area contributed by atoms with Crippen LogP contribution in [0.25, 0.3) is 11.3 Å². The molecule has 1 aromatic heterocycles. The molecule has 0 saturated carbocycles. The Morgan fingerprint density at radius 2 is 2.04 bits per heavy atom. The minimum atomic E-state index is -0.289. The van der Waals surface area contributed by atoms with Gasteiger partial charge in [0.25, 0.3) is 5.91 Å². The number of furan rings is 1. The van der Waals surface area contributed by atoms with Crippen molar-refractivity contribution in [2.24, 2.45) is 0 Å². The molecule has 0 spiro atoms. The number of thiocarbonyl (C=S) groups is 1. The molecule has 1 amide bonds. The highest BCUT2D eigenvalue weighted by Gasteiger charge is 2.13. The molecule has 144 valence electrons. The molecule has 8 heteroatoms. The van der Waals surface area contributed by atoms with Crippen LogP contribution >= 0.6 is 34.8 Å². The van der Waals surface area contributed by atoms with Crippen molar-refractivity contribution in [2.75, 3.05) is 12.4 Å². The molecule has 6 nitrogen and oxygen atoms in total. The molecule has 0 aliphatic heterocycles. The number of aliphatic hydroxyl groups excluding tert-OH is 1. The Labute approximate surface area is 181 Å². The fourth-order valence-corrected chi connectivity index (χ4v) is 3.31. The highest BCUT2D eigenvalue weighted by molar-refractivity contribution is 14.1. The monoisotopic (exact) mass is 508 g/mol. The maximum atomic E-state index is 12.3. The van der Waals surface area contributed by atoms with Gasteiger partial charge in [0.15, 0.2) is 5.11 Å². The zero-order chi connectivity index (χ0) is 20.1. The number of aliphatic hydroxyl groups is 1. The smallest absolute Gasteiger partial charge is 0.257 e. The zero-order valence-corrected chi connectivity index (χ0v) is 17.8. The average Bonchev–Trinajstić information content (AvgIpc) is 3.17. The van der Waals surface area contributed by atoms with Crippen molar-refractivity contribution in [3.05, 3.63) is 69.5 Å². The first-order valence-corrected chi connectivity index (χ1v) is 9.74. The lowest BCUT2D eigenvalue weighted by molar-refractivity contribution is 0.0977. The van der Waals surface area contributed by atoms with E-state index in [1.165, 1.54) is 0 Å². The predicted octanol–water partition coefficient (Wildman–Crippen LogP) is 4.18. The third-order valence-corrected chi connectivity index (χ3v) is 4.73. The number of anilines is 1. The van der Waals surface area contributed by atoms with Gasteiger partial charge in [-0.05, 0) is 83.3 Å². The van der Waals surface area contributed by atoms with E-state index in [1.807, 2.05) is 12.1 Å². The summed E-state index contributed by atoms with van der Waals surface area (Å²) in [6, 6.07) is 16.0. The quantitative estimate of drug-likeness (QED) is 0.355. The van der Waals surface area contributed by atoms with Crippen LogP contribution < -0.4 is 15.4 Å². The Balaban J connectivity index is 1.75. The van der Waals surface area contributed by atoms with E-state index >= 15 is 0 Å². The number of carbonyl (C=O) groups excluding carboxylic acids is 1. The van der Waals surface area contributed by atoms with Crippen molar-refractivity contribution in [1.82, 2.24) is 5.32 Å². The van der Waals surface area contributed by atoms with Crippen molar-refractivity contribution < 1.29 is 19.1 Å². The van der Waals surface area contributed by atoms with Crippen molar-refractivity contribution in [3.8, 4) is 17.1 Å². The van der Waals surface area contributed by atoms with Gasteiger partial charge in [0, 0.05) is 14.8 Å². The number of methoxy groups -OCH3 is 1. The van der Waals surface area contributed by atoms with Gasteiger partial charge in [-0.3, -0.25) is 10.1 Å². The van der Waals surface area contributed by atoms with Gasteiger partial charge in [-0.2, -0.15) is 0 Å². The first-order valence-electron chi connectivity index (χ1n) is 8.26. The molecule has 0 atom stereocenters. The number of hydrogen-bond acceptors (Lipinski definition) is 5. The number of nitrogens with one attached hydrogen (secondary N) is 2. The molecule has 3 aromatic rings. The first kappa shape index (κ1) is 20.3. The standard InChI is InChI=1S/C20H17IN2O4S/c1-26-17-7-5-14(10-16(17)18-8-6-15(11-24)27-18)22-20(28)23-19(25)12-3-2-4-13(21)9-12/h2-10,24H,11H2,1H3,(H2,22,23,25,28). The maximum absolute atomic E-state index is 12.3. The van der Waals surface area contributed by atoms with E-state index < -0.39 is 0 Å². The van der Waals surface area contributed by atoms with Gasteiger partial charge in [0.05, 0.1) is 12.7 Å². The summed E-state index contributed by atoms with van der Waals surface area (Å²) < 4.78 is 11.9. The molecule has 0 unspecified atom stereocenters. The molecule has 0 saturated heterocycles.